The summed E-state index contributed by atoms with van der Waals surface area (Å²) in [5, 5.41) is 2.64. The average molecular weight is 309 g/mol. The topological polar surface area (TPSA) is 47.6 Å². The van der Waals surface area contributed by atoms with Crippen LogP contribution in [0.25, 0.3) is 0 Å². The highest BCUT2D eigenvalue weighted by molar-refractivity contribution is 5.77. The van der Waals surface area contributed by atoms with Gasteiger partial charge in [0, 0.05) is 12.6 Å². The summed E-state index contributed by atoms with van der Waals surface area (Å²) in [6.45, 7) is 0.970. The highest BCUT2D eigenvalue weighted by Crippen LogP contribution is 2.37. The van der Waals surface area contributed by atoms with Crippen molar-refractivity contribution < 1.29 is 27.4 Å². The summed E-state index contributed by atoms with van der Waals surface area (Å²) in [4.78, 5) is 11.7. The van der Waals surface area contributed by atoms with Crippen LogP contribution in [-0.4, -0.2) is 44.0 Å². The molecule has 2 fully saturated rings. The van der Waals surface area contributed by atoms with Gasteiger partial charge in [-0.25, -0.2) is 0 Å². The third-order valence-electron chi connectivity index (χ3n) is 4.06. The minimum Gasteiger partial charge on any atom is -0.376 e. The van der Waals surface area contributed by atoms with E-state index in [2.05, 4.69) is 5.32 Å². The van der Waals surface area contributed by atoms with E-state index in [1.54, 1.807) is 0 Å². The predicted octanol–water partition coefficient (Wildman–Crippen LogP) is 2.42. The van der Waals surface area contributed by atoms with Crippen molar-refractivity contribution in [2.45, 2.75) is 56.8 Å². The molecule has 3 atom stereocenters. The third-order valence-corrected chi connectivity index (χ3v) is 4.06. The number of hydrogen-bond donors (Lipinski definition) is 1. The van der Waals surface area contributed by atoms with Gasteiger partial charge in [-0.3, -0.25) is 4.79 Å². The van der Waals surface area contributed by atoms with Crippen LogP contribution in [0.3, 0.4) is 0 Å². The van der Waals surface area contributed by atoms with Gasteiger partial charge >= 0.3 is 6.18 Å². The molecule has 1 amide bonds. The lowest BCUT2D eigenvalue weighted by atomic mass is 9.85. The lowest BCUT2D eigenvalue weighted by Crippen LogP contribution is -2.43. The summed E-state index contributed by atoms with van der Waals surface area (Å²) in [6.07, 6.45) is -0.970. The average Bonchev–Trinajstić information content (AvgIpc) is 2.91. The van der Waals surface area contributed by atoms with E-state index in [9.17, 15) is 18.0 Å². The molecule has 1 saturated carbocycles. The molecule has 0 aromatic carbocycles. The summed E-state index contributed by atoms with van der Waals surface area (Å²) in [5.74, 6) is -1.65. The minimum atomic E-state index is -4.17. The SMILES string of the molecule is O=C(COCC1CCCO1)NC1CCCC(C(F)(F)F)C1. The molecule has 1 aliphatic heterocycles. The van der Waals surface area contributed by atoms with E-state index in [4.69, 9.17) is 9.47 Å². The van der Waals surface area contributed by atoms with Crippen molar-refractivity contribution in [1.82, 2.24) is 5.32 Å². The first-order valence-corrected chi connectivity index (χ1v) is 7.50. The molecule has 1 heterocycles. The van der Waals surface area contributed by atoms with Gasteiger partial charge in [-0.15, -0.1) is 0 Å². The molecule has 122 valence electrons. The zero-order chi connectivity index (χ0) is 15.3. The Morgan fingerprint density at radius 3 is 2.71 bits per heavy atom. The summed E-state index contributed by atoms with van der Waals surface area (Å²) in [6, 6.07) is -0.399. The largest absolute Gasteiger partial charge is 0.391 e. The fourth-order valence-electron chi connectivity index (χ4n) is 2.95. The first kappa shape index (κ1) is 16.5. The molecule has 7 heteroatoms. The Kier molecular flexibility index (Phi) is 5.87. The molecule has 0 bridgehead atoms. The second kappa shape index (κ2) is 7.45. The zero-order valence-corrected chi connectivity index (χ0v) is 12.0. The summed E-state index contributed by atoms with van der Waals surface area (Å²) in [7, 11) is 0. The van der Waals surface area contributed by atoms with Gasteiger partial charge < -0.3 is 14.8 Å². The van der Waals surface area contributed by atoms with Gasteiger partial charge in [-0.05, 0) is 32.1 Å². The van der Waals surface area contributed by atoms with Crippen molar-refractivity contribution >= 4 is 5.91 Å². The van der Waals surface area contributed by atoms with Gasteiger partial charge in [0.25, 0.3) is 0 Å². The Balaban J connectivity index is 1.64. The second-order valence-electron chi connectivity index (χ2n) is 5.82. The van der Waals surface area contributed by atoms with E-state index >= 15 is 0 Å². The molecule has 0 radical (unpaired) electrons. The van der Waals surface area contributed by atoms with Crippen LogP contribution < -0.4 is 5.32 Å². The maximum atomic E-state index is 12.7. The van der Waals surface area contributed by atoms with E-state index in [1.807, 2.05) is 0 Å². The third kappa shape index (κ3) is 5.47. The van der Waals surface area contributed by atoms with Crippen LogP contribution in [0.5, 0.6) is 0 Å². The first-order valence-electron chi connectivity index (χ1n) is 7.50. The number of alkyl halides is 3. The number of rotatable bonds is 5. The normalized spacial score (nSPS) is 30.3. The predicted molar refractivity (Wildman–Crippen MR) is 69.7 cm³/mol. The number of halogens is 3. The van der Waals surface area contributed by atoms with E-state index < -0.39 is 18.1 Å². The molecule has 4 nitrogen and oxygen atoms in total. The Morgan fingerprint density at radius 2 is 2.05 bits per heavy atom. The van der Waals surface area contributed by atoms with Gasteiger partial charge in [0.2, 0.25) is 5.91 Å². The number of carbonyl (C=O) groups is 1. The second-order valence-corrected chi connectivity index (χ2v) is 5.82. The highest BCUT2D eigenvalue weighted by atomic mass is 19.4. The number of amides is 1. The number of carbonyl (C=O) groups excluding carboxylic acids is 1. The molecule has 0 spiro atoms. The van der Waals surface area contributed by atoms with Crippen LogP contribution in [0.15, 0.2) is 0 Å². The Morgan fingerprint density at radius 1 is 1.24 bits per heavy atom. The fraction of sp³-hybridized carbons (Fsp3) is 0.929. The van der Waals surface area contributed by atoms with Crippen LogP contribution in [0.1, 0.15) is 38.5 Å². The van der Waals surface area contributed by atoms with Crippen LogP contribution in [0, 0.1) is 5.92 Å². The molecular formula is C14H22F3NO3. The smallest absolute Gasteiger partial charge is 0.376 e. The molecule has 1 saturated heterocycles. The van der Waals surface area contributed by atoms with Crippen molar-refractivity contribution in [3.8, 4) is 0 Å². The van der Waals surface area contributed by atoms with Gasteiger partial charge in [-0.2, -0.15) is 13.2 Å². The molecule has 3 unspecified atom stereocenters. The maximum absolute atomic E-state index is 12.7. The Bertz CT molecular complexity index is 343. The Hall–Kier alpha value is -0.820. The van der Waals surface area contributed by atoms with E-state index in [0.717, 1.165) is 19.4 Å². The first-order chi connectivity index (χ1) is 9.95. The lowest BCUT2D eigenvalue weighted by Gasteiger charge is -2.31. The Labute approximate surface area is 122 Å². The standard InChI is InChI=1S/C14H22F3NO3/c15-14(16,17)10-3-1-4-11(7-10)18-13(19)9-20-8-12-5-2-6-21-12/h10-12H,1-9H2,(H,18,19). The zero-order valence-electron chi connectivity index (χ0n) is 12.0. The molecule has 0 aromatic rings. The molecule has 2 aliphatic rings. The number of hydrogen-bond acceptors (Lipinski definition) is 3. The molecule has 0 aromatic heterocycles. The molecule has 1 N–H and O–H groups in total. The molecule has 2 rings (SSSR count). The summed E-state index contributed by atoms with van der Waals surface area (Å²) < 4.78 is 48.6. The van der Waals surface area contributed by atoms with Gasteiger partial charge in [-0.1, -0.05) is 6.42 Å². The van der Waals surface area contributed by atoms with E-state index in [-0.39, 0.29) is 31.5 Å². The van der Waals surface area contributed by atoms with Crippen molar-refractivity contribution in [3.63, 3.8) is 0 Å². The molecular weight excluding hydrogens is 287 g/mol. The van der Waals surface area contributed by atoms with Crippen molar-refractivity contribution in [2.75, 3.05) is 19.8 Å². The molecule has 1 aliphatic carbocycles. The highest BCUT2D eigenvalue weighted by Gasteiger charge is 2.42. The number of nitrogens with one attached hydrogen (secondary N) is 1. The van der Waals surface area contributed by atoms with Crippen molar-refractivity contribution in [1.29, 1.82) is 0 Å². The van der Waals surface area contributed by atoms with E-state index in [0.29, 0.717) is 19.4 Å². The maximum Gasteiger partial charge on any atom is 0.391 e. The van der Waals surface area contributed by atoms with Crippen LogP contribution in [0.2, 0.25) is 0 Å². The molecule has 21 heavy (non-hydrogen) atoms. The van der Waals surface area contributed by atoms with Gasteiger partial charge in [0.15, 0.2) is 0 Å². The van der Waals surface area contributed by atoms with Crippen LogP contribution in [0.4, 0.5) is 13.2 Å². The minimum absolute atomic E-state index is 0.0268. The van der Waals surface area contributed by atoms with Crippen molar-refractivity contribution in [3.05, 3.63) is 0 Å². The van der Waals surface area contributed by atoms with Crippen molar-refractivity contribution in [2.24, 2.45) is 5.92 Å². The van der Waals surface area contributed by atoms with Gasteiger partial charge in [0.05, 0.1) is 18.6 Å². The monoisotopic (exact) mass is 309 g/mol. The summed E-state index contributed by atoms with van der Waals surface area (Å²) >= 11 is 0. The van der Waals surface area contributed by atoms with E-state index in [1.165, 1.54) is 0 Å². The van der Waals surface area contributed by atoms with Crippen LogP contribution in [-0.2, 0) is 14.3 Å². The van der Waals surface area contributed by atoms with Crippen LogP contribution >= 0.6 is 0 Å². The fourth-order valence-corrected chi connectivity index (χ4v) is 2.95. The lowest BCUT2D eigenvalue weighted by molar-refractivity contribution is -0.184. The summed E-state index contributed by atoms with van der Waals surface area (Å²) in [5.41, 5.74) is 0. The van der Waals surface area contributed by atoms with Gasteiger partial charge in [0.1, 0.15) is 6.61 Å². The number of ether oxygens (including phenoxy) is 2. The quantitative estimate of drug-likeness (QED) is 0.848.